The number of fused-ring (bicyclic) bond motifs is 1. The molecule has 1 saturated heterocycles. The Balaban J connectivity index is 1.66. The van der Waals surface area contributed by atoms with Crippen molar-refractivity contribution in [3.63, 3.8) is 0 Å². The predicted octanol–water partition coefficient (Wildman–Crippen LogP) is 2.50. The van der Waals surface area contributed by atoms with Gasteiger partial charge < -0.3 is 34.5 Å². The normalized spacial score (nSPS) is 19.7. The minimum absolute atomic E-state index is 0.0153. The summed E-state index contributed by atoms with van der Waals surface area (Å²) in [7, 11) is 3.06. The van der Waals surface area contributed by atoms with E-state index in [0.29, 0.717) is 40.9 Å². The summed E-state index contributed by atoms with van der Waals surface area (Å²) in [6.45, 7) is 3.20. The van der Waals surface area contributed by atoms with Crippen molar-refractivity contribution < 1.29 is 43.2 Å². The first-order valence-electron chi connectivity index (χ1n) is 13.7. The van der Waals surface area contributed by atoms with E-state index < -0.39 is 23.8 Å². The van der Waals surface area contributed by atoms with E-state index in [9.17, 15) is 14.7 Å². The molecule has 12 nitrogen and oxygen atoms in total. The molecule has 4 rings (SSSR count). The molecule has 0 spiro atoms. The summed E-state index contributed by atoms with van der Waals surface area (Å²) in [4.78, 5) is 33.8. The number of para-hydroxylation sites is 2. The Labute approximate surface area is 239 Å². The maximum absolute atomic E-state index is 13.5. The number of hydrogen-bond donors (Lipinski definition) is 2. The molecule has 3 N–H and O–H groups in total. The molecule has 0 unspecified atom stereocenters. The van der Waals surface area contributed by atoms with Gasteiger partial charge in [-0.3, -0.25) is 19.3 Å². The second-order valence-corrected chi connectivity index (χ2v) is 9.86. The molecule has 41 heavy (non-hydrogen) atoms. The van der Waals surface area contributed by atoms with Gasteiger partial charge in [0, 0.05) is 25.6 Å². The van der Waals surface area contributed by atoms with Crippen molar-refractivity contribution in [1.82, 2.24) is 9.96 Å². The second kappa shape index (κ2) is 14.2. The number of nitrogens with zero attached hydrogens (tertiary/aromatic N) is 2. The van der Waals surface area contributed by atoms with E-state index in [-0.39, 0.29) is 45.5 Å². The Morgan fingerprint density at radius 3 is 2.56 bits per heavy atom. The fraction of sp³-hybridized carbons (Fsp3) is 0.517. The number of hydroxylamine groups is 2. The molecular formula is C29H39N3O9. The fourth-order valence-corrected chi connectivity index (χ4v) is 5.29. The van der Waals surface area contributed by atoms with Crippen LogP contribution < -0.4 is 29.4 Å². The number of carbonyl (C=O) groups is 2. The molecule has 0 aliphatic carbocycles. The lowest BCUT2D eigenvalue weighted by Gasteiger charge is -2.29. The van der Waals surface area contributed by atoms with Gasteiger partial charge >= 0.3 is 5.97 Å². The smallest absolute Gasteiger partial charge is 0.308 e. The first-order valence-corrected chi connectivity index (χ1v) is 13.7. The number of carboxylic acid groups (broad SMARTS) is 1. The minimum atomic E-state index is -1.00. The van der Waals surface area contributed by atoms with E-state index in [0.717, 1.165) is 12.8 Å². The van der Waals surface area contributed by atoms with Crippen molar-refractivity contribution in [1.29, 1.82) is 0 Å². The van der Waals surface area contributed by atoms with Crippen LogP contribution >= 0.6 is 0 Å². The summed E-state index contributed by atoms with van der Waals surface area (Å²) in [5, 5.41) is 11.8. The fourth-order valence-electron chi connectivity index (χ4n) is 5.29. The second-order valence-electron chi connectivity index (χ2n) is 9.86. The number of carboxylic acids is 1. The summed E-state index contributed by atoms with van der Waals surface area (Å²) < 4.78 is 28.2. The average Bonchev–Trinajstić information content (AvgIpc) is 3.60. The molecular weight excluding hydrogens is 534 g/mol. The average molecular weight is 574 g/mol. The molecule has 0 aromatic heterocycles. The molecule has 2 aromatic carbocycles. The van der Waals surface area contributed by atoms with Crippen LogP contribution in [0, 0.1) is 5.92 Å². The molecule has 2 aromatic rings. The molecule has 1 amide bonds. The van der Waals surface area contributed by atoms with E-state index >= 15 is 0 Å². The third-order valence-corrected chi connectivity index (χ3v) is 7.32. The van der Waals surface area contributed by atoms with E-state index in [4.69, 9.17) is 34.3 Å². The molecule has 1 fully saturated rings. The highest BCUT2D eigenvalue weighted by Gasteiger charge is 2.48. The lowest BCUT2D eigenvalue weighted by Crippen LogP contribution is -2.46. The van der Waals surface area contributed by atoms with Gasteiger partial charge in [-0.2, -0.15) is 0 Å². The topological polar surface area (TPSA) is 142 Å². The molecule has 12 heteroatoms. The van der Waals surface area contributed by atoms with Crippen LogP contribution in [0.4, 0.5) is 0 Å². The highest BCUT2D eigenvalue weighted by molar-refractivity contribution is 5.78. The Kier molecular flexibility index (Phi) is 10.5. The molecule has 3 atom stereocenters. The molecule has 2 heterocycles. The zero-order valence-electron chi connectivity index (χ0n) is 23.7. The lowest BCUT2D eigenvalue weighted by atomic mass is 9.85. The monoisotopic (exact) mass is 573 g/mol. The maximum atomic E-state index is 13.5. The highest BCUT2D eigenvalue weighted by Crippen LogP contribution is 2.47. The Morgan fingerprint density at radius 1 is 1.12 bits per heavy atom. The van der Waals surface area contributed by atoms with Gasteiger partial charge in [-0.1, -0.05) is 25.5 Å². The van der Waals surface area contributed by atoms with Crippen LogP contribution in [-0.4, -0.2) is 93.4 Å². The number of aliphatic carboxylic acids is 1. The van der Waals surface area contributed by atoms with E-state index in [2.05, 4.69) is 0 Å². The van der Waals surface area contributed by atoms with Crippen LogP contribution in [-0.2, 0) is 14.4 Å². The molecule has 0 bridgehead atoms. The Bertz CT molecular complexity index is 1190. The SMILES string of the molecule is CCCCN(OCCN)C(=O)CN1C[C@H](c2cc(OC)c3c(c2)OCO3)[C@@H](C(=O)O)[C@@H]1COc1ccccc1OC. The summed E-state index contributed by atoms with van der Waals surface area (Å²) in [5.74, 6) is -0.252. The Morgan fingerprint density at radius 2 is 1.88 bits per heavy atom. The Hall–Kier alpha value is -3.74. The van der Waals surface area contributed by atoms with Crippen LogP contribution in [0.5, 0.6) is 28.7 Å². The first-order chi connectivity index (χ1) is 19.9. The number of ether oxygens (including phenoxy) is 5. The van der Waals surface area contributed by atoms with Gasteiger partial charge in [0.2, 0.25) is 12.5 Å². The maximum Gasteiger partial charge on any atom is 0.308 e. The largest absolute Gasteiger partial charge is 0.493 e. The molecule has 224 valence electrons. The van der Waals surface area contributed by atoms with Crippen LogP contribution in [0.2, 0.25) is 0 Å². The van der Waals surface area contributed by atoms with Crippen LogP contribution in [0.25, 0.3) is 0 Å². The summed E-state index contributed by atoms with van der Waals surface area (Å²) in [5.41, 5.74) is 6.32. The first kappa shape index (κ1) is 30.2. The van der Waals surface area contributed by atoms with Gasteiger partial charge in [0.15, 0.2) is 23.0 Å². The van der Waals surface area contributed by atoms with Crippen LogP contribution in [0.1, 0.15) is 31.2 Å². The summed E-state index contributed by atoms with van der Waals surface area (Å²) in [6, 6.07) is 10.1. The van der Waals surface area contributed by atoms with E-state index in [1.807, 2.05) is 24.0 Å². The number of unbranched alkanes of at least 4 members (excludes halogenated alkanes) is 1. The van der Waals surface area contributed by atoms with Crippen LogP contribution in [0.15, 0.2) is 36.4 Å². The quantitative estimate of drug-likeness (QED) is 0.304. The molecule has 0 radical (unpaired) electrons. The predicted molar refractivity (Wildman–Crippen MR) is 148 cm³/mol. The van der Waals surface area contributed by atoms with Crippen molar-refractivity contribution in [2.24, 2.45) is 11.7 Å². The van der Waals surface area contributed by atoms with E-state index in [1.54, 1.807) is 24.3 Å². The van der Waals surface area contributed by atoms with Gasteiger partial charge in [0.25, 0.3) is 5.91 Å². The number of nitrogens with two attached hydrogens (primary N) is 1. The zero-order valence-corrected chi connectivity index (χ0v) is 23.7. The number of benzene rings is 2. The van der Waals surface area contributed by atoms with Gasteiger partial charge in [-0.25, -0.2) is 5.06 Å². The van der Waals surface area contributed by atoms with Crippen LogP contribution in [0.3, 0.4) is 0 Å². The number of amides is 1. The van der Waals surface area contributed by atoms with Crippen molar-refractivity contribution in [2.75, 3.05) is 60.4 Å². The minimum Gasteiger partial charge on any atom is -0.493 e. The van der Waals surface area contributed by atoms with Gasteiger partial charge in [0.1, 0.15) is 6.61 Å². The molecule has 0 saturated carbocycles. The van der Waals surface area contributed by atoms with Gasteiger partial charge in [-0.05, 0) is 36.2 Å². The zero-order chi connectivity index (χ0) is 29.4. The standard InChI is InChI=1S/C29H39N3O9/c1-4-5-11-32(41-12-10-30)26(33)16-31-15-20(19-13-24(37-3)28-25(14-19)39-18-40-28)27(29(34)35)21(31)17-38-23-9-7-6-8-22(23)36-2/h6-9,13-14,20-21,27H,4-5,10-12,15-18,30H2,1-3H3,(H,34,35)/t20-,21+,27-/m1/s1. The van der Waals surface area contributed by atoms with E-state index in [1.165, 1.54) is 19.3 Å². The number of methoxy groups -OCH3 is 2. The van der Waals surface area contributed by atoms with Crippen molar-refractivity contribution in [3.8, 4) is 28.7 Å². The molecule has 2 aliphatic heterocycles. The van der Waals surface area contributed by atoms with Crippen molar-refractivity contribution >= 4 is 11.9 Å². The summed E-state index contributed by atoms with van der Waals surface area (Å²) >= 11 is 0. The molecule has 2 aliphatic rings. The summed E-state index contributed by atoms with van der Waals surface area (Å²) in [6.07, 6.45) is 1.64. The third kappa shape index (κ3) is 6.95. The van der Waals surface area contributed by atoms with Crippen molar-refractivity contribution in [3.05, 3.63) is 42.0 Å². The highest BCUT2D eigenvalue weighted by atomic mass is 16.7. The third-order valence-electron chi connectivity index (χ3n) is 7.32. The number of rotatable bonds is 15. The van der Waals surface area contributed by atoms with Gasteiger partial charge in [0.05, 0.1) is 39.3 Å². The number of carbonyl (C=O) groups excluding carboxylic acids is 1. The number of hydrogen-bond acceptors (Lipinski definition) is 10. The van der Waals surface area contributed by atoms with Gasteiger partial charge in [-0.15, -0.1) is 0 Å². The number of likely N-dealkylation sites (tertiary alicyclic amines) is 1. The van der Waals surface area contributed by atoms with Crippen molar-refractivity contribution in [2.45, 2.75) is 31.7 Å². The lowest BCUT2D eigenvalue weighted by molar-refractivity contribution is -0.187.